The van der Waals surface area contributed by atoms with Gasteiger partial charge >= 0.3 is 6.18 Å². The molecule has 0 saturated heterocycles. The van der Waals surface area contributed by atoms with Gasteiger partial charge in [0.05, 0.1) is 17.6 Å². The maximum absolute atomic E-state index is 13.0. The number of thioether (sulfide) groups is 1. The summed E-state index contributed by atoms with van der Waals surface area (Å²) in [5, 5.41) is 7.76. The largest absolute Gasteiger partial charge is 0.433 e. The fraction of sp³-hybridized carbons (Fsp3) is 0.0870. The second-order valence-corrected chi connectivity index (χ2v) is 7.73. The smallest absolute Gasteiger partial charge is 0.317 e. The van der Waals surface area contributed by atoms with E-state index in [9.17, 15) is 18.0 Å². The molecule has 0 atom stereocenters. The van der Waals surface area contributed by atoms with Crippen molar-refractivity contribution in [3.63, 3.8) is 0 Å². The predicted octanol–water partition coefficient (Wildman–Crippen LogP) is 5.83. The number of anilines is 1. The van der Waals surface area contributed by atoms with Crippen LogP contribution in [-0.2, 0) is 11.9 Å². The van der Waals surface area contributed by atoms with Gasteiger partial charge in [0.1, 0.15) is 16.4 Å². The zero-order chi connectivity index (χ0) is 22.6. The third-order valence-corrected chi connectivity index (χ3v) is 5.49. The quantitative estimate of drug-likeness (QED) is 0.373. The number of alkyl halides is 3. The molecule has 2 heterocycles. The summed E-state index contributed by atoms with van der Waals surface area (Å²) in [5.74, 6) is -0.137. The van der Waals surface area contributed by atoms with Crippen molar-refractivity contribution >= 4 is 23.4 Å². The highest BCUT2D eigenvalue weighted by Gasteiger charge is 2.33. The number of para-hydroxylation sites is 1. The van der Waals surface area contributed by atoms with Gasteiger partial charge in [0.2, 0.25) is 0 Å². The van der Waals surface area contributed by atoms with Gasteiger partial charge in [-0.3, -0.25) is 4.79 Å². The molecule has 0 saturated carbocycles. The van der Waals surface area contributed by atoms with Crippen LogP contribution in [0.2, 0.25) is 0 Å². The lowest BCUT2D eigenvalue weighted by molar-refractivity contribution is -0.141. The maximum atomic E-state index is 13.0. The van der Waals surface area contributed by atoms with Crippen LogP contribution in [0.4, 0.5) is 18.9 Å². The van der Waals surface area contributed by atoms with E-state index in [0.717, 1.165) is 23.4 Å². The molecule has 5 nitrogen and oxygen atoms in total. The fourth-order valence-electron chi connectivity index (χ4n) is 2.89. The Kier molecular flexibility index (Phi) is 6.27. The van der Waals surface area contributed by atoms with Crippen molar-refractivity contribution in [1.29, 1.82) is 0 Å². The average Bonchev–Trinajstić information content (AvgIpc) is 3.21. The first-order valence-corrected chi connectivity index (χ1v) is 10.6. The van der Waals surface area contributed by atoms with E-state index in [4.69, 9.17) is 0 Å². The van der Waals surface area contributed by atoms with Gasteiger partial charge in [-0.05, 0) is 29.8 Å². The molecule has 0 aliphatic heterocycles. The SMILES string of the molecule is O=C(Nc1cn(-c2ccccc2)nc1SCc1ccccc1)c1cccc(C(F)(F)F)n1. The van der Waals surface area contributed by atoms with E-state index < -0.39 is 17.8 Å². The second kappa shape index (κ2) is 9.27. The summed E-state index contributed by atoms with van der Waals surface area (Å²) in [7, 11) is 0. The molecule has 0 aliphatic carbocycles. The Balaban J connectivity index is 1.61. The van der Waals surface area contributed by atoms with E-state index in [0.29, 0.717) is 16.5 Å². The van der Waals surface area contributed by atoms with E-state index in [1.807, 2.05) is 60.7 Å². The maximum Gasteiger partial charge on any atom is 0.433 e. The lowest BCUT2D eigenvalue weighted by Crippen LogP contribution is -2.17. The summed E-state index contributed by atoms with van der Waals surface area (Å²) < 4.78 is 40.5. The van der Waals surface area contributed by atoms with Crippen LogP contribution in [0.5, 0.6) is 0 Å². The summed E-state index contributed by atoms with van der Waals surface area (Å²) >= 11 is 1.41. The molecule has 0 spiro atoms. The number of aromatic nitrogens is 3. The number of hydrogen-bond acceptors (Lipinski definition) is 4. The van der Waals surface area contributed by atoms with E-state index >= 15 is 0 Å². The predicted molar refractivity (Wildman–Crippen MR) is 117 cm³/mol. The van der Waals surface area contributed by atoms with Crippen LogP contribution < -0.4 is 5.32 Å². The van der Waals surface area contributed by atoms with Crippen LogP contribution in [0, 0.1) is 0 Å². The molecule has 0 unspecified atom stereocenters. The molecule has 4 aromatic rings. The Morgan fingerprint density at radius 1 is 0.938 bits per heavy atom. The van der Waals surface area contributed by atoms with E-state index in [1.54, 1.807) is 10.9 Å². The van der Waals surface area contributed by atoms with Crippen LogP contribution in [0.3, 0.4) is 0 Å². The summed E-state index contributed by atoms with van der Waals surface area (Å²) in [6, 6.07) is 22.3. The van der Waals surface area contributed by atoms with Gasteiger partial charge in [0, 0.05) is 5.75 Å². The number of carbonyl (C=O) groups is 1. The first kappa shape index (κ1) is 21.6. The van der Waals surface area contributed by atoms with Crippen molar-refractivity contribution in [2.24, 2.45) is 0 Å². The molecule has 2 aromatic carbocycles. The van der Waals surface area contributed by atoms with Crippen LogP contribution in [0.15, 0.2) is 90.1 Å². The lowest BCUT2D eigenvalue weighted by atomic mass is 10.2. The second-order valence-electron chi connectivity index (χ2n) is 6.76. The Morgan fingerprint density at radius 3 is 2.31 bits per heavy atom. The molecule has 2 aromatic heterocycles. The molecule has 1 amide bonds. The van der Waals surface area contributed by atoms with Crippen molar-refractivity contribution in [2.75, 3.05) is 5.32 Å². The van der Waals surface area contributed by atoms with Crippen molar-refractivity contribution in [2.45, 2.75) is 17.0 Å². The third-order valence-electron chi connectivity index (χ3n) is 4.44. The molecule has 4 rings (SSSR count). The standard InChI is InChI=1S/C23H17F3N4OS/c24-23(25,26)20-13-7-12-18(27-20)21(31)28-19-14-30(17-10-5-2-6-11-17)29-22(19)32-15-16-8-3-1-4-9-16/h1-14H,15H2,(H,28,31). The van der Waals surface area contributed by atoms with Crippen molar-refractivity contribution in [1.82, 2.24) is 14.8 Å². The van der Waals surface area contributed by atoms with Crippen molar-refractivity contribution in [3.05, 3.63) is 102 Å². The van der Waals surface area contributed by atoms with Gasteiger partial charge in [0.25, 0.3) is 5.91 Å². The number of nitrogens with zero attached hydrogens (tertiary/aromatic N) is 3. The minimum absolute atomic E-state index is 0.328. The number of rotatable bonds is 6. The molecule has 32 heavy (non-hydrogen) atoms. The number of hydrogen-bond donors (Lipinski definition) is 1. The van der Waals surface area contributed by atoms with Gasteiger partial charge in [-0.25, -0.2) is 9.67 Å². The van der Waals surface area contributed by atoms with Gasteiger partial charge in [-0.1, -0.05) is 66.4 Å². The molecule has 0 radical (unpaired) electrons. The highest BCUT2D eigenvalue weighted by atomic mass is 32.2. The summed E-state index contributed by atoms with van der Waals surface area (Å²) in [6.07, 6.45) is -3.00. The van der Waals surface area contributed by atoms with Crippen molar-refractivity contribution in [3.8, 4) is 5.69 Å². The highest BCUT2D eigenvalue weighted by Crippen LogP contribution is 2.31. The van der Waals surface area contributed by atoms with Crippen LogP contribution in [0.1, 0.15) is 21.7 Å². The topological polar surface area (TPSA) is 59.8 Å². The molecular weight excluding hydrogens is 437 g/mol. The number of benzene rings is 2. The first-order chi connectivity index (χ1) is 15.4. The number of pyridine rings is 1. The number of amides is 1. The Morgan fingerprint density at radius 2 is 1.62 bits per heavy atom. The lowest BCUT2D eigenvalue weighted by Gasteiger charge is -2.08. The number of halogens is 3. The molecule has 0 aliphatic rings. The van der Waals surface area contributed by atoms with Crippen LogP contribution in [-0.4, -0.2) is 20.7 Å². The minimum atomic E-state index is -4.63. The van der Waals surface area contributed by atoms with E-state index in [2.05, 4.69) is 15.4 Å². The number of carbonyl (C=O) groups excluding carboxylic acids is 1. The molecular formula is C23H17F3N4OS. The molecule has 0 bridgehead atoms. The van der Waals surface area contributed by atoms with Gasteiger partial charge < -0.3 is 5.32 Å². The molecule has 9 heteroatoms. The van der Waals surface area contributed by atoms with Gasteiger partial charge in [-0.15, -0.1) is 0 Å². The van der Waals surface area contributed by atoms with Crippen LogP contribution in [0.25, 0.3) is 5.69 Å². The van der Waals surface area contributed by atoms with Crippen LogP contribution >= 0.6 is 11.8 Å². The zero-order valence-corrected chi connectivity index (χ0v) is 17.4. The number of nitrogens with one attached hydrogen (secondary N) is 1. The fourth-order valence-corrected chi connectivity index (χ4v) is 3.80. The highest BCUT2D eigenvalue weighted by molar-refractivity contribution is 7.98. The van der Waals surface area contributed by atoms with E-state index in [1.165, 1.54) is 17.8 Å². The Bertz CT molecular complexity index is 1210. The zero-order valence-electron chi connectivity index (χ0n) is 16.6. The minimum Gasteiger partial charge on any atom is -0.317 e. The average molecular weight is 454 g/mol. The summed E-state index contributed by atoms with van der Waals surface area (Å²) in [4.78, 5) is 16.1. The summed E-state index contributed by atoms with van der Waals surface area (Å²) in [5.41, 5.74) is 0.796. The Labute approximate surface area is 186 Å². The van der Waals surface area contributed by atoms with Gasteiger partial charge in [0.15, 0.2) is 0 Å². The normalized spacial score (nSPS) is 11.3. The van der Waals surface area contributed by atoms with Crippen molar-refractivity contribution < 1.29 is 18.0 Å². The van der Waals surface area contributed by atoms with Gasteiger partial charge in [-0.2, -0.15) is 18.3 Å². The summed E-state index contributed by atoms with van der Waals surface area (Å²) in [6.45, 7) is 0. The monoisotopic (exact) mass is 454 g/mol. The van der Waals surface area contributed by atoms with E-state index in [-0.39, 0.29) is 5.69 Å². The third kappa shape index (κ3) is 5.17. The molecule has 0 fully saturated rings. The Hall–Kier alpha value is -3.59. The first-order valence-electron chi connectivity index (χ1n) is 9.57. The molecule has 162 valence electrons. The molecule has 1 N–H and O–H groups in total.